The summed E-state index contributed by atoms with van der Waals surface area (Å²) >= 11 is 0. The first-order valence-corrected chi connectivity index (χ1v) is 10.0. The van der Waals surface area contributed by atoms with Crippen LogP contribution >= 0.6 is 0 Å². The van der Waals surface area contributed by atoms with E-state index in [-0.39, 0.29) is 0 Å². The van der Waals surface area contributed by atoms with Crippen molar-refractivity contribution in [2.75, 3.05) is 4.90 Å². The minimum absolute atomic E-state index is 0.984. The van der Waals surface area contributed by atoms with Crippen LogP contribution in [0, 0.1) is 0 Å². The highest BCUT2D eigenvalue weighted by molar-refractivity contribution is 6.03. The van der Waals surface area contributed by atoms with E-state index < -0.39 is 0 Å². The van der Waals surface area contributed by atoms with E-state index in [2.05, 4.69) is 103 Å². The van der Waals surface area contributed by atoms with Gasteiger partial charge in [-0.05, 0) is 35.1 Å². The standard InChI is InChI=1S/C26H21N.C2H6/c1-3-11-22(4-2)27(25-18-9-14-20-12-5-7-16-23(20)25)26-19-10-15-21-13-6-8-17-24(21)26;1-2/h3-19H,1-2H2;1-2H3/b22-11+;. The fourth-order valence-electron chi connectivity index (χ4n) is 3.57. The molecule has 0 N–H and O–H groups in total. The van der Waals surface area contributed by atoms with E-state index in [1.807, 2.05) is 26.0 Å². The van der Waals surface area contributed by atoms with E-state index in [0.717, 1.165) is 17.1 Å². The molecule has 4 aromatic rings. The van der Waals surface area contributed by atoms with Gasteiger partial charge in [0.1, 0.15) is 0 Å². The van der Waals surface area contributed by atoms with Gasteiger partial charge in [0.15, 0.2) is 0 Å². The molecule has 1 heteroatoms. The van der Waals surface area contributed by atoms with Gasteiger partial charge in [0.25, 0.3) is 0 Å². The van der Waals surface area contributed by atoms with Crippen molar-refractivity contribution in [3.63, 3.8) is 0 Å². The fraction of sp³-hybridized carbons (Fsp3) is 0.0714. The van der Waals surface area contributed by atoms with Crippen LogP contribution in [0.2, 0.25) is 0 Å². The second-order valence-electron chi connectivity index (χ2n) is 6.36. The number of allylic oxidation sites excluding steroid dienone is 3. The highest BCUT2D eigenvalue weighted by Gasteiger charge is 2.17. The molecule has 1 nitrogen and oxygen atoms in total. The molecule has 4 aromatic carbocycles. The molecule has 0 unspecified atom stereocenters. The smallest absolute Gasteiger partial charge is 0.0540 e. The molecule has 0 aliphatic rings. The Morgan fingerprint density at radius 2 is 1.10 bits per heavy atom. The maximum Gasteiger partial charge on any atom is 0.0540 e. The van der Waals surface area contributed by atoms with Gasteiger partial charge in [-0.15, -0.1) is 0 Å². The van der Waals surface area contributed by atoms with Gasteiger partial charge in [-0.1, -0.05) is 106 Å². The Morgan fingerprint density at radius 3 is 1.55 bits per heavy atom. The van der Waals surface area contributed by atoms with Crippen LogP contribution in [0.5, 0.6) is 0 Å². The molecule has 0 aromatic heterocycles. The lowest BCUT2D eigenvalue weighted by Crippen LogP contribution is -2.15. The van der Waals surface area contributed by atoms with Crippen molar-refractivity contribution in [3.8, 4) is 0 Å². The van der Waals surface area contributed by atoms with Crippen LogP contribution in [-0.4, -0.2) is 0 Å². The molecule has 0 heterocycles. The summed E-state index contributed by atoms with van der Waals surface area (Å²) in [4.78, 5) is 2.26. The molecule has 4 rings (SSSR count). The highest BCUT2D eigenvalue weighted by atomic mass is 15.1. The molecule has 29 heavy (non-hydrogen) atoms. The monoisotopic (exact) mass is 377 g/mol. The second-order valence-corrected chi connectivity index (χ2v) is 6.36. The summed E-state index contributed by atoms with van der Waals surface area (Å²) < 4.78 is 0. The number of anilines is 2. The first-order valence-electron chi connectivity index (χ1n) is 10.0. The van der Waals surface area contributed by atoms with E-state index >= 15 is 0 Å². The number of rotatable bonds is 5. The summed E-state index contributed by atoms with van der Waals surface area (Å²) in [5.41, 5.74) is 3.23. The molecular formula is C28H27N. The van der Waals surface area contributed by atoms with Gasteiger partial charge in [0.2, 0.25) is 0 Å². The van der Waals surface area contributed by atoms with Crippen molar-refractivity contribution in [2.24, 2.45) is 0 Å². The SMILES string of the molecule is C=C/C=C(\C=C)N(c1cccc2ccccc12)c1cccc2ccccc12.CC. The third-order valence-electron chi connectivity index (χ3n) is 4.77. The fourth-order valence-corrected chi connectivity index (χ4v) is 3.57. The van der Waals surface area contributed by atoms with Gasteiger partial charge in [-0.3, -0.25) is 0 Å². The molecular weight excluding hydrogens is 350 g/mol. The summed E-state index contributed by atoms with van der Waals surface area (Å²) in [6, 6.07) is 29.7. The predicted molar refractivity (Wildman–Crippen MR) is 130 cm³/mol. The van der Waals surface area contributed by atoms with E-state index in [9.17, 15) is 0 Å². The molecule has 0 fully saturated rings. The van der Waals surface area contributed by atoms with Gasteiger partial charge in [0.05, 0.1) is 11.4 Å². The van der Waals surface area contributed by atoms with E-state index in [1.165, 1.54) is 21.5 Å². The summed E-state index contributed by atoms with van der Waals surface area (Å²) in [7, 11) is 0. The molecule has 0 atom stereocenters. The largest absolute Gasteiger partial charge is 0.309 e. The van der Waals surface area contributed by atoms with Crippen LogP contribution in [0.4, 0.5) is 11.4 Å². The summed E-state index contributed by atoms with van der Waals surface area (Å²) in [5.74, 6) is 0. The third kappa shape index (κ3) is 4.00. The van der Waals surface area contributed by atoms with Crippen molar-refractivity contribution in [3.05, 3.63) is 122 Å². The van der Waals surface area contributed by atoms with Crippen molar-refractivity contribution >= 4 is 32.9 Å². The molecule has 144 valence electrons. The number of hydrogen-bond acceptors (Lipinski definition) is 1. The predicted octanol–water partition coefficient (Wildman–Crippen LogP) is 8.41. The van der Waals surface area contributed by atoms with Crippen molar-refractivity contribution < 1.29 is 0 Å². The van der Waals surface area contributed by atoms with Crippen LogP contribution in [0.1, 0.15) is 13.8 Å². The maximum absolute atomic E-state index is 4.05. The molecule has 0 amide bonds. The van der Waals surface area contributed by atoms with E-state index in [4.69, 9.17) is 0 Å². The number of hydrogen-bond donors (Lipinski definition) is 0. The zero-order valence-electron chi connectivity index (χ0n) is 17.2. The zero-order chi connectivity index (χ0) is 20.6. The van der Waals surface area contributed by atoms with Gasteiger partial charge < -0.3 is 4.90 Å². The van der Waals surface area contributed by atoms with Crippen LogP contribution in [-0.2, 0) is 0 Å². The first kappa shape index (κ1) is 20.2. The van der Waals surface area contributed by atoms with Crippen LogP contribution < -0.4 is 4.90 Å². The molecule has 0 aliphatic heterocycles. The minimum Gasteiger partial charge on any atom is -0.309 e. The van der Waals surface area contributed by atoms with E-state index in [1.54, 1.807) is 6.08 Å². The lowest BCUT2D eigenvalue weighted by Gasteiger charge is -2.28. The molecule has 0 saturated heterocycles. The lowest BCUT2D eigenvalue weighted by atomic mass is 10.0. The Morgan fingerprint density at radius 1 is 0.655 bits per heavy atom. The topological polar surface area (TPSA) is 3.24 Å². The molecule has 0 aliphatic carbocycles. The zero-order valence-corrected chi connectivity index (χ0v) is 17.2. The van der Waals surface area contributed by atoms with Crippen LogP contribution in [0.15, 0.2) is 122 Å². The molecule has 0 radical (unpaired) electrons. The minimum atomic E-state index is 0.984. The Kier molecular flexibility index (Phi) is 6.65. The normalized spacial score (nSPS) is 10.9. The number of fused-ring (bicyclic) bond motifs is 2. The van der Waals surface area contributed by atoms with Crippen LogP contribution in [0.3, 0.4) is 0 Å². The Labute approximate surface area is 173 Å². The summed E-state index contributed by atoms with van der Waals surface area (Å²) in [5, 5.41) is 4.82. The van der Waals surface area contributed by atoms with Crippen molar-refractivity contribution in [1.29, 1.82) is 0 Å². The summed E-state index contributed by atoms with van der Waals surface area (Å²) in [6.07, 6.45) is 5.68. The number of nitrogens with zero attached hydrogens (tertiary/aromatic N) is 1. The van der Waals surface area contributed by atoms with Gasteiger partial charge in [-0.25, -0.2) is 0 Å². The maximum atomic E-state index is 4.05. The third-order valence-corrected chi connectivity index (χ3v) is 4.77. The quantitative estimate of drug-likeness (QED) is 0.315. The molecule has 0 saturated carbocycles. The van der Waals surface area contributed by atoms with Crippen molar-refractivity contribution in [2.45, 2.75) is 13.8 Å². The Hall–Kier alpha value is -3.58. The van der Waals surface area contributed by atoms with Gasteiger partial charge in [-0.2, -0.15) is 0 Å². The van der Waals surface area contributed by atoms with Gasteiger partial charge in [0, 0.05) is 16.5 Å². The molecule has 0 spiro atoms. The lowest BCUT2D eigenvalue weighted by molar-refractivity contribution is 1.23. The Bertz CT molecular complexity index is 1080. The van der Waals surface area contributed by atoms with Crippen LogP contribution in [0.25, 0.3) is 21.5 Å². The first-order chi connectivity index (χ1) is 14.3. The molecule has 0 bridgehead atoms. The average Bonchev–Trinajstić information content (AvgIpc) is 2.80. The highest BCUT2D eigenvalue weighted by Crippen LogP contribution is 2.39. The number of benzene rings is 4. The van der Waals surface area contributed by atoms with Gasteiger partial charge >= 0.3 is 0 Å². The summed E-state index contributed by atoms with van der Waals surface area (Å²) in [6.45, 7) is 11.9. The van der Waals surface area contributed by atoms with E-state index in [0.29, 0.717) is 0 Å². The second kappa shape index (κ2) is 9.57. The van der Waals surface area contributed by atoms with Crippen molar-refractivity contribution in [1.82, 2.24) is 0 Å². The Balaban J connectivity index is 0.00000117. The average molecular weight is 378 g/mol.